The summed E-state index contributed by atoms with van der Waals surface area (Å²) in [6.07, 6.45) is 7.28. The minimum Gasteiger partial charge on any atom is -0.357 e. The first kappa shape index (κ1) is 25.2. The van der Waals surface area contributed by atoms with Crippen LogP contribution >= 0.6 is 24.0 Å². The van der Waals surface area contributed by atoms with E-state index in [1.807, 2.05) is 6.20 Å². The maximum Gasteiger partial charge on any atom is 0.191 e. The summed E-state index contributed by atoms with van der Waals surface area (Å²) in [5.41, 5.74) is 1.68. The van der Waals surface area contributed by atoms with Gasteiger partial charge in [-0.2, -0.15) is 0 Å². The Kier molecular flexibility index (Phi) is 10.1. The van der Waals surface area contributed by atoms with Crippen LogP contribution in [-0.2, 0) is 6.54 Å². The zero-order valence-electron chi connectivity index (χ0n) is 19.3. The molecule has 0 spiro atoms. The van der Waals surface area contributed by atoms with Gasteiger partial charge in [-0.1, -0.05) is 20.3 Å². The van der Waals surface area contributed by atoms with E-state index in [1.165, 1.54) is 31.2 Å². The molecule has 0 amide bonds. The smallest absolute Gasteiger partial charge is 0.191 e. The maximum atomic E-state index is 4.86. The van der Waals surface area contributed by atoms with E-state index in [9.17, 15) is 0 Å². The number of nitrogens with one attached hydrogen (secondary N) is 2. The summed E-state index contributed by atoms with van der Waals surface area (Å²) >= 11 is 0. The van der Waals surface area contributed by atoms with Gasteiger partial charge >= 0.3 is 0 Å². The van der Waals surface area contributed by atoms with Gasteiger partial charge in [-0.25, -0.2) is 9.98 Å². The van der Waals surface area contributed by atoms with Gasteiger partial charge in [0.25, 0.3) is 0 Å². The Morgan fingerprint density at radius 3 is 2.53 bits per heavy atom. The first-order valence-electron chi connectivity index (χ1n) is 11.4. The van der Waals surface area contributed by atoms with Crippen LogP contribution in [0.2, 0.25) is 0 Å². The zero-order valence-corrected chi connectivity index (χ0v) is 21.6. The summed E-state index contributed by atoms with van der Waals surface area (Å²) in [5.74, 6) is 2.76. The van der Waals surface area contributed by atoms with Crippen molar-refractivity contribution < 1.29 is 0 Å². The molecule has 1 saturated carbocycles. The van der Waals surface area contributed by atoms with Crippen molar-refractivity contribution in [3.8, 4) is 0 Å². The third kappa shape index (κ3) is 7.25. The third-order valence-electron chi connectivity index (χ3n) is 6.29. The Morgan fingerprint density at radius 1 is 1.20 bits per heavy atom. The molecule has 0 unspecified atom stereocenters. The van der Waals surface area contributed by atoms with Gasteiger partial charge in [0.2, 0.25) is 0 Å². The molecule has 1 aliphatic carbocycles. The molecule has 1 saturated heterocycles. The van der Waals surface area contributed by atoms with Crippen molar-refractivity contribution in [1.82, 2.24) is 20.5 Å². The molecule has 3 rings (SSSR count). The Labute approximate surface area is 200 Å². The number of anilines is 1. The number of aliphatic imine (C=N–C) groups is 1. The molecule has 2 heterocycles. The normalized spacial score (nSPS) is 19.2. The standard InChI is InChI=1S/C23H40N6.HI/c1-5-24-22(27-18-23(8-6-9-23)16-19(2)3)26-17-20-7-10-25-21(15-20)29-13-11-28(4)12-14-29;/h7,10,15,19H,5-6,8-9,11-14,16-18H2,1-4H3,(H2,24,26,27);1H. The number of halogens is 1. The molecule has 170 valence electrons. The molecule has 2 aliphatic rings. The van der Waals surface area contributed by atoms with Crippen LogP contribution in [0.25, 0.3) is 0 Å². The van der Waals surface area contributed by atoms with Gasteiger partial charge in [-0.15, -0.1) is 24.0 Å². The quantitative estimate of drug-likeness (QED) is 0.306. The highest BCUT2D eigenvalue weighted by atomic mass is 127. The van der Waals surface area contributed by atoms with Crippen molar-refractivity contribution >= 4 is 35.8 Å². The monoisotopic (exact) mass is 528 g/mol. The van der Waals surface area contributed by atoms with Crippen LogP contribution in [0.3, 0.4) is 0 Å². The van der Waals surface area contributed by atoms with Crippen LogP contribution in [0.4, 0.5) is 5.82 Å². The van der Waals surface area contributed by atoms with E-state index in [-0.39, 0.29) is 24.0 Å². The number of likely N-dealkylation sites (N-methyl/N-ethyl adjacent to an activating group) is 1. The van der Waals surface area contributed by atoms with E-state index in [1.54, 1.807) is 0 Å². The van der Waals surface area contributed by atoms with E-state index in [4.69, 9.17) is 4.99 Å². The number of hydrogen-bond donors (Lipinski definition) is 2. The van der Waals surface area contributed by atoms with Crippen molar-refractivity contribution in [3.63, 3.8) is 0 Å². The molecule has 30 heavy (non-hydrogen) atoms. The van der Waals surface area contributed by atoms with E-state index in [2.05, 4.69) is 65.4 Å². The van der Waals surface area contributed by atoms with E-state index < -0.39 is 0 Å². The van der Waals surface area contributed by atoms with Crippen molar-refractivity contribution in [2.45, 2.75) is 53.0 Å². The van der Waals surface area contributed by atoms with Crippen molar-refractivity contribution in [3.05, 3.63) is 23.9 Å². The summed E-state index contributed by atoms with van der Waals surface area (Å²) in [4.78, 5) is 14.2. The summed E-state index contributed by atoms with van der Waals surface area (Å²) in [5, 5.41) is 7.05. The van der Waals surface area contributed by atoms with Crippen LogP contribution < -0.4 is 15.5 Å². The summed E-state index contributed by atoms with van der Waals surface area (Å²) in [7, 11) is 2.18. The predicted molar refractivity (Wildman–Crippen MR) is 138 cm³/mol. The fourth-order valence-corrected chi connectivity index (χ4v) is 4.55. The van der Waals surface area contributed by atoms with Gasteiger partial charge in [-0.05, 0) is 62.3 Å². The molecule has 7 heteroatoms. The molecule has 2 fully saturated rings. The van der Waals surface area contributed by atoms with Crippen LogP contribution in [0.1, 0.15) is 52.0 Å². The lowest BCUT2D eigenvalue weighted by atomic mass is 9.64. The van der Waals surface area contributed by atoms with Crippen LogP contribution in [0, 0.1) is 11.3 Å². The second-order valence-electron chi connectivity index (χ2n) is 9.31. The molecule has 0 aromatic carbocycles. The fourth-order valence-electron chi connectivity index (χ4n) is 4.55. The number of guanidine groups is 1. The molecule has 0 bridgehead atoms. The number of nitrogens with zero attached hydrogens (tertiary/aromatic N) is 4. The highest BCUT2D eigenvalue weighted by Gasteiger charge is 2.37. The molecule has 1 aromatic heterocycles. The maximum absolute atomic E-state index is 4.86. The lowest BCUT2D eigenvalue weighted by molar-refractivity contribution is 0.104. The molecule has 0 radical (unpaired) electrons. The Hall–Kier alpha value is -1.09. The van der Waals surface area contributed by atoms with E-state index in [0.29, 0.717) is 12.0 Å². The number of aromatic nitrogens is 1. The fraction of sp³-hybridized carbons (Fsp3) is 0.739. The molecule has 1 aromatic rings. The Balaban J connectivity index is 0.00000320. The van der Waals surface area contributed by atoms with Gasteiger partial charge in [0.15, 0.2) is 5.96 Å². The van der Waals surface area contributed by atoms with Crippen LogP contribution in [0.5, 0.6) is 0 Å². The second-order valence-corrected chi connectivity index (χ2v) is 9.31. The molecule has 2 N–H and O–H groups in total. The van der Waals surface area contributed by atoms with Crippen molar-refractivity contribution in [1.29, 1.82) is 0 Å². The molecule has 6 nitrogen and oxygen atoms in total. The minimum atomic E-state index is 0. The highest BCUT2D eigenvalue weighted by molar-refractivity contribution is 14.0. The summed E-state index contributed by atoms with van der Waals surface area (Å²) in [6.45, 7) is 13.6. The topological polar surface area (TPSA) is 55.8 Å². The SMILES string of the molecule is CCNC(=NCc1ccnc(N2CCN(C)CC2)c1)NCC1(CC(C)C)CCC1.I. The van der Waals surface area contributed by atoms with E-state index in [0.717, 1.165) is 57.0 Å². The Bertz CT molecular complexity index is 665. The van der Waals surface area contributed by atoms with Crippen molar-refractivity contribution in [2.24, 2.45) is 16.3 Å². The van der Waals surface area contributed by atoms with Crippen molar-refractivity contribution in [2.75, 3.05) is 51.2 Å². The molecular weight excluding hydrogens is 487 g/mol. The molecular formula is C23H41IN6. The van der Waals surface area contributed by atoms with Gasteiger partial charge in [-0.3, -0.25) is 0 Å². The third-order valence-corrected chi connectivity index (χ3v) is 6.29. The summed E-state index contributed by atoms with van der Waals surface area (Å²) < 4.78 is 0. The van der Waals surface area contributed by atoms with Gasteiger partial charge in [0.05, 0.1) is 6.54 Å². The predicted octanol–water partition coefficient (Wildman–Crippen LogP) is 3.72. The van der Waals surface area contributed by atoms with E-state index >= 15 is 0 Å². The van der Waals surface area contributed by atoms with Gasteiger partial charge < -0.3 is 20.4 Å². The molecule has 1 aliphatic heterocycles. The average molecular weight is 529 g/mol. The van der Waals surface area contributed by atoms with Crippen LogP contribution in [-0.4, -0.2) is 62.2 Å². The molecule has 0 atom stereocenters. The highest BCUT2D eigenvalue weighted by Crippen LogP contribution is 2.45. The Morgan fingerprint density at radius 2 is 1.93 bits per heavy atom. The van der Waals surface area contributed by atoms with Gasteiger partial charge in [0.1, 0.15) is 5.82 Å². The largest absolute Gasteiger partial charge is 0.357 e. The number of rotatable bonds is 8. The summed E-state index contributed by atoms with van der Waals surface area (Å²) in [6, 6.07) is 4.28. The van der Waals surface area contributed by atoms with Crippen LogP contribution in [0.15, 0.2) is 23.3 Å². The average Bonchev–Trinajstić information content (AvgIpc) is 2.68. The number of pyridine rings is 1. The second kappa shape index (κ2) is 12.1. The minimum absolute atomic E-state index is 0. The number of piperazine rings is 1. The van der Waals surface area contributed by atoms with Gasteiger partial charge in [0, 0.05) is 45.5 Å². The lowest BCUT2D eigenvalue weighted by Gasteiger charge is -2.43. The first-order valence-corrected chi connectivity index (χ1v) is 11.4. The zero-order chi connectivity index (χ0) is 20.7. The number of hydrogen-bond acceptors (Lipinski definition) is 4. The first-order chi connectivity index (χ1) is 14.0. The lowest BCUT2D eigenvalue weighted by Crippen LogP contribution is -2.47.